The Bertz CT molecular complexity index is 1310. The zero-order valence-electron chi connectivity index (χ0n) is 18.0. The minimum atomic E-state index is -5.08. The molecule has 0 atom stereocenters. The second-order valence-corrected chi connectivity index (χ2v) is 8.50. The van der Waals surface area contributed by atoms with Gasteiger partial charge in [-0.3, -0.25) is 0 Å². The summed E-state index contributed by atoms with van der Waals surface area (Å²) >= 11 is 0. The molecular formula is C21H19F3N6O4S. The van der Waals surface area contributed by atoms with E-state index in [0.717, 1.165) is 11.3 Å². The van der Waals surface area contributed by atoms with Crippen LogP contribution in [-0.4, -0.2) is 42.7 Å². The number of carbonyl (C=O) groups is 1. The summed E-state index contributed by atoms with van der Waals surface area (Å²) in [6, 6.07) is 17.7. The molecule has 10 nitrogen and oxygen atoms in total. The minimum Gasteiger partial charge on any atom is -0.475 e. The molecule has 3 rings (SSSR count). The molecule has 4 N–H and O–H groups in total. The van der Waals surface area contributed by atoms with Crippen molar-refractivity contribution in [2.75, 3.05) is 17.7 Å². The van der Waals surface area contributed by atoms with Crippen LogP contribution in [0.2, 0.25) is 0 Å². The van der Waals surface area contributed by atoms with Crippen molar-refractivity contribution in [2.24, 2.45) is 0 Å². The van der Waals surface area contributed by atoms with Crippen molar-refractivity contribution in [2.45, 2.75) is 17.5 Å². The lowest BCUT2D eigenvalue weighted by Gasteiger charge is -2.10. The third kappa shape index (κ3) is 8.57. The number of hydrogen-bond donors (Lipinski definition) is 4. The fraction of sp³-hybridized carbons (Fsp3) is 0.143. The summed E-state index contributed by atoms with van der Waals surface area (Å²) < 4.78 is 57.9. The Morgan fingerprint density at radius 1 is 1.03 bits per heavy atom. The van der Waals surface area contributed by atoms with E-state index in [1.807, 2.05) is 24.3 Å². The molecule has 0 saturated carbocycles. The lowest BCUT2D eigenvalue weighted by atomic mass is 10.1. The Hall–Kier alpha value is -4.22. The maximum atomic E-state index is 11.9. The van der Waals surface area contributed by atoms with E-state index in [1.54, 1.807) is 18.2 Å². The average molecular weight is 508 g/mol. The van der Waals surface area contributed by atoms with Gasteiger partial charge in [-0.25, -0.2) is 27.9 Å². The fourth-order valence-corrected chi connectivity index (χ4v) is 3.22. The lowest BCUT2D eigenvalue weighted by Crippen LogP contribution is -2.21. The summed E-state index contributed by atoms with van der Waals surface area (Å²) in [5.41, 5.74) is 2.35. The molecule has 0 radical (unpaired) electrons. The highest BCUT2D eigenvalue weighted by atomic mass is 32.2. The highest BCUT2D eigenvalue weighted by Gasteiger charge is 2.38. The van der Waals surface area contributed by atoms with Gasteiger partial charge in [0.2, 0.25) is 10.0 Å². The summed E-state index contributed by atoms with van der Waals surface area (Å²) in [6.07, 6.45) is -3.31. The maximum Gasteiger partial charge on any atom is 0.490 e. The number of aromatic nitrogens is 2. The van der Waals surface area contributed by atoms with Gasteiger partial charge in [0.15, 0.2) is 0 Å². The lowest BCUT2D eigenvalue weighted by molar-refractivity contribution is -0.192. The van der Waals surface area contributed by atoms with Crippen LogP contribution in [0.5, 0.6) is 0 Å². The van der Waals surface area contributed by atoms with Crippen LogP contribution in [-0.2, 0) is 21.2 Å². The van der Waals surface area contributed by atoms with Crippen LogP contribution < -0.4 is 15.4 Å². The number of nitrogens with zero attached hydrogens (tertiary/aromatic N) is 3. The summed E-state index contributed by atoms with van der Waals surface area (Å²) in [4.78, 5) is 17.4. The van der Waals surface area contributed by atoms with Crippen molar-refractivity contribution in [3.05, 3.63) is 66.5 Å². The van der Waals surface area contributed by atoms with Gasteiger partial charge < -0.3 is 15.7 Å². The molecule has 0 unspecified atom stereocenters. The first-order valence-corrected chi connectivity index (χ1v) is 11.1. The number of carboxylic acid groups (broad SMARTS) is 1. The van der Waals surface area contributed by atoms with Gasteiger partial charge in [-0.2, -0.15) is 18.4 Å². The van der Waals surface area contributed by atoms with Crippen LogP contribution in [0, 0.1) is 11.3 Å². The number of hydrogen-bond acceptors (Lipinski definition) is 8. The number of halogens is 3. The van der Waals surface area contributed by atoms with E-state index in [9.17, 15) is 21.6 Å². The molecule has 1 aromatic heterocycles. The molecule has 0 aliphatic rings. The molecule has 0 fully saturated rings. The Morgan fingerprint density at radius 2 is 1.60 bits per heavy atom. The molecular weight excluding hydrogens is 489 g/mol. The first kappa shape index (κ1) is 27.0. The number of aliphatic carboxylic acids is 1. The quantitative estimate of drug-likeness (QED) is 0.374. The summed E-state index contributed by atoms with van der Waals surface area (Å²) in [5, 5.41) is 22.1. The Kier molecular flexibility index (Phi) is 9.09. The van der Waals surface area contributed by atoms with Gasteiger partial charge in [0.1, 0.15) is 18.0 Å². The highest BCUT2D eigenvalue weighted by molar-refractivity contribution is 7.89. The molecule has 35 heavy (non-hydrogen) atoms. The standard InChI is InChI=1S/C19H18N6O2S.C2HF3O2/c1-21-28(26,27)17-4-2-3-16(11-17)25-19-12-18(22-13-23-19)24-15-7-5-14(6-8-15)9-10-20;3-2(4,5)1(6)7/h2-8,11-13,21H,9H2,1H3,(H2,22,23,24,25);(H,6,7). The predicted octanol–water partition coefficient (Wildman–Crippen LogP) is 3.57. The van der Waals surface area contributed by atoms with Crippen molar-refractivity contribution >= 4 is 39.0 Å². The zero-order valence-corrected chi connectivity index (χ0v) is 18.9. The molecule has 1 heterocycles. The van der Waals surface area contributed by atoms with Crippen LogP contribution in [0.3, 0.4) is 0 Å². The van der Waals surface area contributed by atoms with E-state index < -0.39 is 22.2 Å². The molecule has 14 heteroatoms. The summed E-state index contributed by atoms with van der Waals surface area (Å²) in [6.45, 7) is 0. The van der Waals surface area contributed by atoms with E-state index in [1.165, 1.54) is 25.5 Å². The van der Waals surface area contributed by atoms with Gasteiger partial charge in [-0.05, 0) is 42.9 Å². The molecule has 184 valence electrons. The second kappa shape index (κ2) is 11.8. The van der Waals surface area contributed by atoms with Gasteiger partial charge in [-0.15, -0.1) is 0 Å². The van der Waals surface area contributed by atoms with Crippen LogP contribution in [0.15, 0.2) is 65.8 Å². The van der Waals surface area contributed by atoms with Crippen LogP contribution in [0.1, 0.15) is 5.56 Å². The third-order valence-electron chi connectivity index (χ3n) is 4.10. The molecule has 0 aliphatic heterocycles. The van der Waals surface area contributed by atoms with Crippen molar-refractivity contribution in [1.82, 2.24) is 14.7 Å². The monoisotopic (exact) mass is 508 g/mol. The number of carboxylic acids is 1. The number of nitrogens with one attached hydrogen (secondary N) is 3. The minimum absolute atomic E-state index is 0.157. The highest BCUT2D eigenvalue weighted by Crippen LogP contribution is 2.21. The van der Waals surface area contributed by atoms with Crippen LogP contribution >= 0.6 is 0 Å². The normalized spacial score (nSPS) is 10.9. The first-order valence-electron chi connectivity index (χ1n) is 9.60. The first-order chi connectivity index (χ1) is 16.4. The van der Waals surface area contributed by atoms with Crippen molar-refractivity contribution in [1.29, 1.82) is 5.26 Å². The number of rotatable bonds is 7. The van der Waals surface area contributed by atoms with E-state index >= 15 is 0 Å². The summed E-state index contributed by atoms with van der Waals surface area (Å²) in [7, 11) is -2.16. The second-order valence-electron chi connectivity index (χ2n) is 6.61. The number of anilines is 4. The Morgan fingerprint density at radius 3 is 2.11 bits per heavy atom. The average Bonchev–Trinajstić information content (AvgIpc) is 2.81. The smallest absolute Gasteiger partial charge is 0.475 e. The van der Waals surface area contributed by atoms with Gasteiger partial charge in [0, 0.05) is 17.4 Å². The predicted molar refractivity (Wildman–Crippen MR) is 121 cm³/mol. The topological polar surface area (TPSA) is 157 Å². The largest absolute Gasteiger partial charge is 0.490 e. The van der Waals surface area contributed by atoms with Gasteiger partial charge >= 0.3 is 12.1 Å². The van der Waals surface area contributed by atoms with Gasteiger partial charge in [-0.1, -0.05) is 18.2 Å². The number of sulfonamides is 1. The number of nitriles is 1. The molecule has 0 aliphatic carbocycles. The Balaban J connectivity index is 0.000000540. The zero-order chi connectivity index (χ0) is 26.1. The van der Waals surface area contributed by atoms with Crippen molar-refractivity contribution in [3.8, 4) is 6.07 Å². The van der Waals surface area contributed by atoms with Crippen molar-refractivity contribution < 1.29 is 31.5 Å². The van der Waals surface area contributed by atoms with E-state index in [-0.39, 0.29) is 4.90 Å². The molecule has 0 spiro atoms. The molecule has 2 aromatic carbocycles. The SMILES string of the molecule is CNS(=O)(=O)c1cccc(Nc2cc(Nc3ccc(CC#N)cc3)ncn2)c1.O=C(O)C(F)(F)F. The maximum absolute atomic E-state index is 11.9. The van der Waals surface area contributed by atoms with Gasteiger partial charge in [0.25, 0.3) is 0 Å². The Labute approximate surface area is 198 Å². The van der Waals surface area contributed by atoms with Crippen LogP contribution in [0.25, 0.3) is 0 Å². The van der Waals surface area contributed by atoms with Crippen LogP contribution in [0.4, 0.5) is 36.2 Å². The van der Waals surface area contributed by atoms with E-state index in [0.29, 0.717) is 23.7 Å². The van der Waals surface area contributed by atoms with Gasteiger partial charge in [0.05, 0.1) is 17.4 Å². The number of benzene rings is 2. The summed E-state index contributed by atoms with van der Waals surface area (Å²) in [5.74, 6) is -1.67. The molecule has 3 aromatic rings. The molecule has 0 saturated heterocycles. The fourth-order valence-electron chi connectivity index (χ4n) is 2.45. The number of alkyl halides is 3. The van der Waals surface area contributed by atoms with Crippen molar-refractivity contribution in [3.63, 3.8) is 0 Å². The third-order valence-corrected chi connectivity index (χ3v) is 5.52. The van der Waals surface area contributed by atoms with E-state index in [2.05, 4.69) is 31.4 Å². The molecule has 0 amide bonds. The molecule has 0 bridgehead atoms. The van der Waals surface area contributed by atoms with E-state index in [4.69, 9.17) is 15.2 Å².